The zero-order valence-corrected chi connectivity index (χ0v) is 26.5. The van der Waals surface area contributed by atoms with Gasteiger partial charge in [0, 0.05) is 69.0 Å². The number of fused-ring (bicyclic) bond motifs is 6. The molecule has 7 rings (SSSR count). The molecule has 5 aromatic carbocycles. The van der Waals surface area contributed by atoms with Crippen molar-refractivity contribution in [2.45, 2.75) is 19.4 Å². The Morgan fingerprint density at radius 3 is 2.02 bits per heavy atom. The van der Waals surface area contributed by atoms with Gasteiger partial charge in [0.15, 0.2) is 5.60 Å². The van der Waals surface area contributed by atoms with Gasteiger partial charge in [-0.25, -0.2) is 4.79 Å². The Hall–Kier alpha value is -4.65. The van der Waals surface area contributed by atoms with Crippen LogP contribution in [0.2, 0.25) is 10.0 Å². The molecule has 0 aromatic heterocycles. The van der Waals surface area contributed by atoms with Gasteiger partial charge in [0.05, 0.1) is 18.4 Å². The summed E-state index contributed by atoms with van der Waals surface area (Å²) < 4.78 is 19.2. The van der Waals surface area contributed by atoms with E-state index in [-0.39, 0.29) is 0 Å². The third-order valence-electron chi connectivity index (χ3n) is 8.50. The average Bonchev–Trinajstić information content (AvgIpc) is 3.34. The lowest BCUT2D eigenvalue weighted by Gasteiger charge is -2.38. The van der Waals surface area contributed by atoms with Crippen LogP contribution < -0.4 is 19.3 Å². The number of rotatable bonds is 7. The summed E-state index contributed by atoms with van der Waals surface area (Å²) in [7, 11) is 1.62. The maximum Gasteiger partial charge on any atom is 0.340 e. The van der Waals surface area contributed by atoms with Crippen molar-refractivity contribution in [3.05, 3.63) is 135 Å². The number of anilines is 4. The van der Waals surface area contributed by atoms with Gasteiger partial charge in [0.1, 0.15) is 17.2 Å². The Morgan fingerprint density at radius 2 is 1.38 bits per heavy atom. The van der Waals surface area contributed by atoms with Crippen molar-refractivity contribution < 1.29 is 19.0 Å². The molecular formula is C37H30Cl2N2O4. The second kappa shape index (κ2) is 11.4. The summed E-state index contributed by atoms with van der Waals surface area (Å²) in [6.07, 6.45) is 0. The molecule has 2 heterocycles. The molecule has 45 heavy (non-hydrogen) atoms. The molecule has 1 unspecified atom stereocenters. The lowest BCUT2D eigenvalue weighted by atomic mass is 9.77. The Morgan fingerprint density at radius 1 is 0.711 bits per heavy atom. The van der Waals surface area contributed by atoms with Gasteiger partial charge in [-0.15, -0.1) is 0 Å². The van der Waals surface area contributed by atoms with E-state index in [0.717, 1.165) is 41.3 Å². The molecule has 0 fully saturated rings. The van der Waals surface area contributed by atoms with Crippen molar-refractivity contribution in [1.82, 2.24) is 0 Å². The number of hydrogen-bond acceptors (Lipinski definition) is 6. The first-order valence-electron chi connectivity index (χ1n) is 14.8. The standard InChI is InChI=1S/C37H30Cl2N2O4/c1-4-40(5-2)25-16-17-30-33(20-25)44-34-22-35(43-3)32(21-31(34)37(30)29-15-7-6-14-28(29)36(42)45-37)41(26-12-8-10-23(38)18-26)27-13-9-11-24(39)19-27/h6-22H,4-5H2,1-3H3. The molecule has 0 saturated carbocycles. The predicted molar refractivity (Wildman–Crippen MR) is 180 cm³/mol. The minimum atomic E-state index is -1.26. The summed E-state index contributed by atoms with van der Waals surface area (Å²) >= 11 is 13.0. The first-order chi connectivity index (χ1) is 21.9. The molecule has 0 aliphatic carbocycles. The van der Waals surface area contributed by atoms with E-state index in [0.29, 0.717) is 44.1 Å². The zero-order valence-electron chi connectivity index (χ0n) is 25.0. The smallest absolute Gasteiger partial charge is 0.340 e. The number of carbonyl (C=O) groups is 1. The third kappa shape index (κ3) is 4.68. The van der Waals surface area contributed by atoms with Crippen LogP contribution >= 0.6 is 23.2 Å². The molecule has 8 heteroatoms. The normalized spacial score (nSPS) is 15.9. The summed E-state index contributed by atoms with van der Waals surface area (Å²) in [5, 5.41) is 1.15. The summed E-state index contributed by atoms with van der Waals surface area (Å²) in [5.74, 6) is 1.30. The van der Waals surface area contributed by atoms with Gasteiger partial charge in [0.2, 0.25) is 0 Å². The van der Waals surface area contributed by atoms with E-state index in [2.05, 4.69) is 24.8 Å². The van der Waals surface area contributed by atoms with Crippen LogP contribution in [0.1, 0.15) is 40.9 Å². The first-order valence-corrected chi connectivity index (χ1v) is 15.6. The van der Waals surface area contributed by atoms with Crippen molar-refractivity contribution in [3.63, 3.8) is 0 Å². The van der Waals surface area contributed by atoms with E-state index in [1.54, 1.807) is 13.2 Å². The molecule has 5 aromatic rings. The number of methoxy groups -OCH3 is 1. The number of hydrogen-bond donors (Lipinski definition) is 0. The molecule has 0 saturated heterocycles. The Balaban J connectivity index is 1.52. The van der Waals surface area contributed by atoms with Crippen LogP contribution in [-0.2, 0) is 10.3 Å². The van der Waals surface area contributed by atoms with E-state index in [1.807, 2.05) is 95.9 Å². The highest BCUT2D eigenvalue weighted by atomic mass is 35.5. The van der Waals surface area contributed by atoms with E-state index in [9.17, 15) is 4.79 Å². The van der Waals surface area contributed by atoms with Gasteiger partial charge < -0.3 is 24.0 Å². The third-order valence-corrected chi connectivity index (χ3v) is 8.97. The Bertz CT molecular complexity index is 1910. The second-order valence-electron chi connectivity index (χ2n) is 10.9. The van der Waals surface area contributed by atoms with Crippen LogP contribution in [0.4, 0.5) is 22.7 Å². The summed E-state index contributed by atoms with van der Waals surface area (Å²) in [6.45, 7) is 5.92. The second-order valence-corrected chi connectivity index (χ2v) is 11.8. The maximum absolute atomic E-state index is 13.6. The van der Waals surface area contributed by atoms with Gasteiger partial charge in [-0.2, -0.15) is 0 Å². The minimum absolute atomic E-state index is 0.392. The van der Waals surface area contributed by atoms with Crippen LogP contribution in [0.15, 0.2) is 103 Å². The number of nitrogens with zero attached hydrogens (tertiary/aromatic N) is 2. The van der Waals surface area contributed by atoms with Gasteiger partial charge in [-0.1, -0.05) is 53.5 Å². The lowest BCUT2D eigenvalue weighted by molar-refractivity contribution is 0.0224. The van der Waals surface area contributed by atoms with Crippen molar-refractivity contribution in [1.29, 1.82) is 0 Å². The van der Waals surface area contributed by atoms with Crippen LogP contribution in [-0.4, -0.2) is 26.2 Å². The molecule has 0 amide bonds. The lowest BCUT2D eigenvalue weighted by Crippen LogP contribution is -2.33. The van der Waals surface area contributed by atoms with Crippen molar-refractivity contribution >= 4 is 51.9 Å². The molecular weight excluding hydrogens is 607 g/mol. The Kier molecular flexibility index (Phi) is 7.35. The molecule has 1 atom stereocenters. The largest absolute Gasteiger partial charge is 0.494 e. The average molecular weight is 638 g/mol. The first kappa shape index (κ1) is 29.1. The molecule has 0 radical (unpaired) electrons. The molecule has 6 nitrogen and oxygen atoms in total. The number of halogens is 2. The number of esters is 1. The van der Waals surface area contributed by atoms with Crippen LogP contribution in [0.25, 0.3) is 0 Å². The Labute approximate surface area is 272 Å². The highest BCUT2D eigenvalue weighted by Crippen LogP contribution is 2.59. The zero-order chi connectivity index (χ0) is 31.3. The number of ether oxygens (including phenoxy) is 3. The molecule has 0 N–H and O–H groups in total. The molecule has 0 bridgehead atoms. The van der Waals surface area contributed by atoms with Gasteiger partial charge in [-0.05, 0) is 74.5 Å². The van der Waals surface area contributed by atoms with Crippen LogP contribution in [0, 0.1) is 0 Å². The fraction of sp³-hybridized carbons (Fsp3) is 0.162. The quantitative estimate of drug-likeness (QED) is 0.166. The highest BCUT2D eigenvalue weighted by molar-refractivity contribution is 6.31. The SMILES string of the molecule is CCN(CC)c1ccc2c(c1)Oc1cc(OC)c(N(c3cccc(Cl)c3)c3cccc(Cl)c3)cc1C21OC(=O)c2ccccc21. The van der Waals surface area contributed by atoms with Crippen molar-refractivity contribution in [2.75, 3.05) is 30.0 Å². The topological polar surface area (TPSA) is 51.2 Å². The molecule has 226 valence electrons. The summed E-state index contributed by atoms with van der Waals surface area (Å²) in [5.41, 5.74) is 4.73. The van der Waals surface area contributed by atoms with Gasteiger partial charge in [0.25, 0.3) is 0 Å². The molecule has 1 spiro atoms. The van der Waals surface area contributed by atoms with Crippen LogP contribution in [0.3, 0.4) is 0 Å². The molecule has 2 aliphatic rings. The highest BCUT2D eigenvalue weighted by Gasteiger charge is 2.54. The minimum Gasteiger partial charge on any atom is -0.494 e. The number of benzene rings is 5. The summed E-state index contributed by atoms with van der Waals surface area (Å²) in [4.78, 5) is 17.8. The molecule has 2 aliphatic heterocycles. The van der Waals surface area contributed by atoms with E-state index < -0.39 is 11.6 Å². The number of carbonyl (C=O) groups excluding carboxylic acids is 1. The van der Waals surface area contributed by atoms with E-state index >= 15 is 0 Å². The predicted octanol–water partition coefficient (Wildman–Crippen LogP) is 9.89. The van der Waals surface area contributed by atoms with Crippen LogP contribution in [0.5, 0.6) is 17.2 Å². The fourth-order valence-electron chi connectivity index (χ4n) is 6.46. The fourth-order valence-corrected chi connectivity index (χ4v) is 6.83. The monoisotopic (exact) mass is 636 g/mol. The van der Waals surface area contributed by atoms with E-state index in [1.165, 1.54) is 0 Å². The summed E-state index contributed by atoms with van der Waals surface area (Å²) in [6, 6.07) is 32.6. The van der Waals surface area contributed by atoms with Crippen molar-refractivity contribution in [2.24, 2.45) is 0 Å². The van der Waals surface area contributed by atoms with Gasteiger partial charge in [-0.3, -0.25) is 0 Å². The van der Waals surface area contributed by atoms with Crippen molar-refractivity contribution in [3.8, 4) is 17.2 Å². The maximum atomic E-state index is 13.6. The van der Waals surface area contributed by atoms with E-state index in [4.69, 9.17) is 37.4 Å². The van der Waals surface area contributed by atoms with Gasteiger partial charge >= 0.3 is 5.97 Å².